The molecular formula is C9H7I2NS. The van der Waals surface area contributed by atoms with E-state index >= 15 is 0 Å². The van der Waals surface area contributed by atoms with Crippen LogP contribution in [-0.4, -0.2) is 14.8 Å². The lowest BCUT2D eigenvalue weighted by Gasteiger charge is -2.00. The van der Waals surface area contributed by atoms with Crippen molar-refractivity contribution in [3.63, 3.8) is 0 Å². The van der Waals surface area contributed by atoms with Crippen LogP contribution in [0.5, 0.6) is 0 Å². The lowest BCUT2D eigenvalue weighted by Crippen LogP contribution is -1.92. The highest BCUT2D eigenvalue weighted by Gasteiger charge is 2.17. The number of alkyl halides is 1. The molecule has 4 heteroatoms. The Labute approximate surface area is 109 Å². The molecule has 1 heterocycles. The van der Waals surface area contributed by atoms with Gasteiger partial charge in [0, 0.05) is 9.13 Å². The molecule has 1 aliphatic rings. The van der Waals surface area contributed by atoms with Crippen molar-refractivity contribution in [2.24, 2.45) is 4.99 Å². The van der Waals surface area contributed by atoms with Crippen LogP contribution in [0.2, 0.25) is 0 Å². The summed E-state index contributed by atoms with van der Waals surface area (Å²) < 4.78 is 1.89. The topological polar surface area (TPSA) is 12.4 Å². The fraction of sp³-hybridized carbons (Fsp3) is 0.222. The van der Waals surface area contributed by atoms with E-state index in [0.29, 0.717) is 3.26 Å². The number of thioether (sulfide) groups is 1. The van der Waals surface area contributed by atoms with Gasteiger partial charge in [0.1, 0.15) is 0 Å². The monoisotopic (exact) mass is 415 g/mol. The molecule has 1 atom stereocenters. The van der Waals surface area contributed by atoms with E-state index in [0.717, 1.165) is 6.54 Å². The van der Waals surface area contributed by atoms with E-state index in [4.69, 9.17) is 0 Å². The minimum atomic E-state index is 0.617. The summed E-state index contributed by atoms with van der Waals surface area (Å²) in [6.45, 7) is 0.951. The van der Waals surface area contributed by atoms with Gasteiger partial charge in [0.25, 0.3) is 0 Å². The fourth-order valence-electron chi connectivity index (χ4n) is 1.10. The van der Waals surface area contributed by atoms with E-state index < -0.39 is 0 Å². The zero-order chi connectivity index (χ0) is 9.26. The molecule has 1 aromatic carbocycles. The third-order valence-corrected chi connectivity index (χ3v) is 4.58. The van der Waals surface area contributed by atoms with Gasteiger partial charge in [-0.05, 0) is 34.7 Å². The van der Waals surface area contributed by atoms with Gasteiger partial charge in [0.15, 0.2) is 0 Å². The van der Waals surface area contributed by atoms with E-state index in [-0.39, 0.29) is 0 Å². The van der Waals surface area contributed by atoms with Gasteiger partial charge in [-0.15, -0.1) is 0 Å². The molecule has 0 aliphatic carbocycles. The fourth-order valence-corrected chi connectivity index (χ4v) is 3.19. The molecule has 0 N–H and O–H groups in total. The number of nitrogens with zero attached hydrogens (tertiary/aromatic N) is 1. The zero-order valence-corrected chi connectivity index (χ0v) is 11.8. The number of halogens is 2. The molecule has 0 bridgehead atoms. The van der Waals surface area contributed by atoms with Crippen LogP contribution in [-0.2, 0) is 0 Å². The van der Waals surface area contributed by atoms with Crippen molar-refractivity contribution in [3.05, 3.63) is 33.4 Å². The summed E-state index contributed by atoms with van der Waals surface area (Å²) in [4.78, 5) is 4.49. The smallest absolute Gasteiger partial charge is 0.0988 e. The van der Waals surface area contributed by atoms with Gasteiger partial charge in [0.05, 0.1) is 14.8 Å². The summed E-state index contributed by atoms with van der Waals surface area (Å²) in [7, 11) is 0. The molecule has 2 rings (SSSR count). The van der Waals surface area contributed by atoms with Gasteiger partial charge in [-0.2, -0.15) is 0 Å². The lowest BCUT2D eigenvalue weighted by atomic mass is 10.2. The first-order valence-electron chi connectivity index (χ1n) is 3.87. The van der Waals surface area contributed by atoms with E-state index in [1.807, 2.05) is 11.8 Å². The zero-order valence-electron chi connectivity index (χ0n) is 6.71. The van der Waals surface area contributed by atoms with Gasteiger partial charge in [0.2, 0.25) is 0 Å². The number of hydrogen-bond acceptors (Lipinski definition) is 2. The Hall–Kier alpha value is 0.700. The molecule has 1 aromatic rings. The molecule has 0 radical (unpaired) electrons. The van der Waals surface area contributed by atoms with Crippen molar-refractivity contribution in [3.8, 4) is 0 Å². The molecule has 1 unspecified atom stereocenters. The van der Waals surface area contributed by atoms with Crippen LogP contribution < -0.4 is 0 Å². The molecule has 0 spiro atoms. The predicted molar refractivity (Wildman–Crippen MR) is 76.0 cm³/mol. The van der Waals surface area contributed by atoms with Crippen LogP contribution in [0.15, 0.2) is 29.3 Å². The van der Waals surface area contributed by atoms with E-state index in [1.54, 1.807) is 0 Å². The Morgan fingerprint density at radius 1 is 1.31 bits per heavy atom. The first-order valence-corrected chi connectivity index (χ1v) is 7.07. The molecule has 0 saturated carbocycles. The lowest BCUT2D eigenvalue weighted by molar-refractivity contribution is 1.15. The van der Waals surface area contributed by atoms with Crippen molar-refractivity contribution in [2.75, 3.05) is 6.54 Å². The molecule has 0 saturated heterocycles. The van der Waals surface area contributed by atoms with E-state index in [1.165, 1.54) is 14.2 Å². The SMILES string of the molecule is Ic1ccc(C2=NCC(I)S2)cc1. The van der Waals surface area contributed by atoms with E-state index in [9.17, 15) is 0 Å². The average molecular weight is 415 g/mol. The Morgan fingerprint density at radius 3 is 2.54 bits per heavy atom. The second kappa shape index (κ2) is 4.48. The third-order valence-electron chi connectivity index (χ3n) is 1.71. The second-order valence-electron chi connectivity index (χ2n) is 2.68. The average Bonchev–Trinajstić information content (AvgIpc) is 2.53. The largest absolute Gasteiger partial charge is 0.276 e. The normalized spacial score (nSPS) is 21.7. The maximum atomic E-state index is 4.49. The van der Waals surface area contributed by atoms with Crippen LogP contribution in [0.4, 0.5) is 0 Å². The Balaban J connectivity index is 2.22. The molecule has 68 valence electrons. The van der Waals surface area contributed by atoms with E-state index in [2.05, 4.69) is 74.4 Å². The molecule has 1 nitrogen and oxygen atoms in total. The molecule has 0 amide bonds. The summed E-state index contributed by atoms with van der Waals surface area (Å²) in [5.74, 6) is 0. The molecule has 0 aromatic heterocycles. The van der Waals surface area contributed by atoms with Crippen molar-refractivity contribution in [1.29, 1.82) is 0 Å². The molecule has 0 fully saturated rings. The summed E-state index contributed by atoms with van der Waals surface area (Å²) in [6, 6.07) is 8.53. The first-order chi connectivity index (χ1) is 6.25. The summed E-state index contributed by atoms with van der Waals surface area (Å²) in [5, 5.41) is 1.19. The maximum Gasteiger partial charge on any atom is 0.0988 e. The number of hydrogen-bond donors (Lipinski definition) is 0. The number of benzene rings is 1. The van der Waals surface area contributed by atoms with Gasteiger partial charge in [-0.1, -0.05) is 46.5 Å². The Morgan fingerprint density at radius 2 is 2.00 bits per heavy atom. The van der Waals surface area contributed by atoms with Crippen molar-refractivity contribution in [1.82, 2.24) is 0 Å². The maximum absolute atomic E-state index is 4.49. The van der Waals surface area contributed by atoms with Crippen LogP contribution in [0.25, 0.3) is 0 Å². The minimum Gasteiger partial charge on any atom is -0.276 e. The minimum absolute atomic E-state index is 0.617. The van der Waals surface area contributed by atoms with Crippen molar-refractivity contribution < 1.29 is 0 Å². The van der Waals surface area contributed by atoms with Gasteiger partial charge in [-0.3, -0.25) is 4.99 Å². The quantitative estimate of drug-likeness (QED) is 0.505. The summed E-state index contributed by atoms with van der Waals surface area (Å²) in [5.41, 5.74) is 1.25. The summed E-state index contributed by atoms with van der Waals surface area (Å²) >= 11 is 6.60. The van der Waals surface area contributed by atoms with Gasteiger partial charge in [-0.25, -0.2) is 0 Å². The molecular weight excluding hydrogens is 408 g/mol. The highest BCUT2D eigenvalue weighted by molar-refractivity contribution is 14.1. The Kier molecular flexibility index (Phi) is 3.52. The summed E-state index contributed by atoms with van der Waals surface area (Å²) in [6.07, 6.45) is 0. The van der Waals surface area contributed by atoms with Gasteiger partial charge < -0.3 is 0 Å². The van der Waals surface area contributed by atoms with Crippen LogP contribution >= 0.6 is 56.9 Å². The Bertz CT molecular complexity index is 334. The molecule has 13 heavy (non-hydrogen) atoms. The van der Waals surface area contributed by atoms with Crippen molar-refractivity contribution >= 4 is 62.0 Å². The first kappa shape index (κ1) is 10.2. The highest BCUT2D eigenvalue weighted by Crippen LogP contribution is 2.29. The second-order valence-corrected chi connectivity index (χ2v) is 7.47. The van der Waals surface area contributed by atoms with Crippen LogP contribution in [0, 0.1) is 3.57 Å². The molecule has 1 aliphatic heterocycles. The van der Waals surface area contributed by atoms with Crippen molar-refractivity contribution in [2.45, 2.75) is 3.26 Å². The van der Waals surface area contributed by atoms with Gasteiger partial charge >= 0.3 is 0 Å². The van der Waals surface area contributed by atoms with Crippen LogP contribution in [0.3, 0.4) is 0 Å². The third kappa shape index (κ3) is 2.59. The number of rotatable bonds is 1. The number of aliphatic imine (C=N–C) groups is 1. The predicted octanol–water partition coefficient (Wildman–Crippen LogP) is 3.55. The highest BCUT2D eigenvalue weighted by atomic mass is 127. The van der Waals surface area contributed by atoms with Crippen LogP contribution in [0.1, 0.15) is 5.56 Å². The standard InChI is InChI=1S/C9H7I2NS/c10-7-3-1-6(2-4-7)9-12-5-8(11)13-9/h1-4,8H,5H2.